The van der Waals surface area contributed by atoms with Crippen LogP contribution in [0.1, 0.15) is 42.1 Å². The van der Waals surface area contributed by atoms with Gasteiger partial charge >= 0.3 is 6.18 Å². The van der Waals surface area contributed by atoms with Crippen LogP contribution in [0.2, 0.25) is 0 Å². The van der Waals surface area contributed by atoms with Crippen molar-refractivity contribution in [3.05, 3.63) is 52.9 Å². The molecule has 13 heteroatoms. The van der Waals surface area contributed by atoms with E-state index in [1.165, 1.54) is 6.20 Å². The summed E-state index contributed by atoms with van der Waals surface area (Å²) in [5.74, 6) is -1.57. The van der Waals surface area contributed by atoms with Crippen LogP contribution in [0.25, 0.3) is 0 Å². The predicted molar refractivity (Wildman–Crippen MR) is 112 cm³/mol. The molecular formula is C21H24F5N5O2S. The SMILES string of the molecule is N[C@H]1C[C@@H](N2Cc3cnn(S(=O)(=O)C4CC4)c3C2)CN(CC(F)(F)F)[C@@H]1c1cc(F)ccc1F. The lowest BCUT2D eigenvalue weighted by Gasteiger charge is -2.46. The average Bonchev–Trinajstić information content (AvgIpc) is 3.39. The van der Waals surface area contributed by atoms with Crippen molar-refractivity contribution >= 4 is 10.0 Å². The molecule has 3 aliphatic rings. The molecule has 0 unspecified atom stereocenters. The van der Waals surface area contributed by atoms with Crippen LogP contribution in [0.3, 0.4) is 0 Å². The van der Waals surface area contributed by atoms with Gasteiger partial charge in [0.15, 0.2) is 0 Å². The summed E-state index contributed by atoms with van der Waals surface area (Å²) in [6, 6.07) is 0.210. The van der Waals surface area contributed by atoms with Gasteiger partial charge in [0.1, 0.15) is 11.6 Å². The number of piperidine rings is 1. The minimum atomic E-state index is -4.57. The Labute approximate surface area is 193 Å². The van der Waals surface area contributed by atoms with Crippen molar-refractivity contribution in [1.82, 2.24) is 19.0 Å². The second-order valence-corrected chi connectivity index (χ2v) is 11.4. The predicted octanol–water partition coefficient (Wildman–Crippen LogP) is 2.52. The molecule has 186 valence electrons. The largest absolute Gasteiger partial charge is 0.401 e. The van der Waals surface area contributed by atoms with Gasteiger partial charge in [0, 0.05) is 42.8 Å². The molecular weight excluding hydrogens is 481 g/mol. The van der Waals surface area contributed by atoms with E-state index in [9.17, 15) is 30.4 Å². The summed E-state index contributed by atoms with van der Waals surface area (Å²) in [5.41, 5.74) is 7.31. The Kier molecular flexibility index (Phi) is 5.73. The number of nitrogens with zero attached hydrogens (tertiary/aromatic N) is 4. The van der Waals surface area contributed by atoms with Gasteiger partial charge in [-0.25, -0.2) is 17.2 Å². The van der Waals surface area contributed by atoms with E-state index in [0.29, 0.717) is 30.6 Å². The number of hydrogen-bond donors (Lipinski definition) is 1. The molecule has 2 aromatic rings. The van der Waals surface area contributed by atoms with E-state index < -0.39 is 57.8 Å². The standard InChI is InChI=1S/C21H24F5N5O2S/c22-13-1-4-17(23)16(5-13)20-18(27)6-14(9-30(20)11-21(24,25)26)29-8-12-7-28-31(19(12)10-29)34(32,33)15-2-3-15/h1,4-5,7,14-15,18,20H,2-3,6,8-11,27H2/t14-,18+,20-/m1/s1. The summed E-state index contributed by atoms with van der Waals surface area (Å²) in [5, 5.41) is 3.59. The van der Waals surface area contributed by atoms with Gasteiger partial charge in [0.05, 0.1) is 29.7 Å². The third-order valence-electron chi connectivity index (χ3n) is 6.80. The molecule has 7 nitrogen and oxygen atoms in total. The highest BCUT2D eigenvalue weighted by Crippen LogP contribution is 2.38. The summed E-state index contributed by atoms with van der Waals surface area (Å²) >= 11 is 0. The highest BCUT2D eigenvalue weighted by Gasteiger charge is 2.45. The lowest BCUT2D eigenvalue weighted by molar-refractivity contribution is -0.158. The summed E-state index contributed by atoms with van der Waals surface area (Å²) in [4.78, 5) is 2.93. The minimum Gasteiger partial charge on any atom is -0.326 e. The average molecular weight is 506 g/mol. The van der Waals surface area contributed by atoms with Gasteiger partial charge in [-0.15, -0.1) is 0 Å². The lowest BCUT2D eigenvalue weighted by Crippen LogP contribution is -2.57. The molecule has 1 aromatic carbocycles. The van der Waals surface area contributed by atoms with Gasteiger partial charge in [0.25, 0.3) is 10.0 Å². The van der Waals surface area contributed by atoms with Crippen LogP contribution in [-0.2, 0) is 23.1 Å². The van der Waals surface area contributed by atoms with E-state index >= 15 is 0 Å². The van der Waals surface area contributed by atoms with E-state index in [-0.39, 0.29) is 25.1 Å². The summed E-state index contributed by atoms with van der Waals surface area (Å²) in [6.07, 6.45) is -1.68. The van der Waals surface area contributed by atoms with Crippen LogP contribution >= 0.6 is 0 Å². The number of aromatic nitrogens is 2. The highest BCUT2D eigenvalue weighted by molar-refractivity contribution is 7.90. The zero-order valence-electron chi connectivity index (χ0n) is 18.0. The van der Waals surface area contributed by atoms with Crippen molar-refractivity contribution in [2.45, 2.75) is 61.9 Å². The smallest absolute Gasteiger partial charge is 0.326 e. The molecule has 34 heavy (non-hydrogen) atoms. The molecule has 2 aliphatic heterocycles. The first-order valence-electron chi connectivity index (χ1n) is 11.0. The van der Waals surface area contributed by atoms with E-state index in [1.54, 1.807) is 0 Å². The van der Waals surface area contributed by atoms with Crippen LogP contribution in [0.15, 0.2) is 24.4 Å². The van der Waals surface area contributed by atoms with Crippen molar-refractivity contribution in [1.29, 1.82) is 0 Å². The topological polar surface area (TPSA) is 84.5 Å². The highest BCUT2D eigenvalue weighted by atomic mass is 32.2. The van der Waals surface area contributed by atoms with Gasteiger partial charge in [-0.1, -0.05) is 0 Å². The van der Waals surface area contributed by atoms with E-state index in [4.69, 9.17) is 5.73 Å². The number of halogens is 5. The molecule has 1 saturated carbocycles. The Balaban J connectivity index is 1.40. The normalized spacial score (nSPS) is 26.7. The summed E-state index contributed by atoms with van der Waals surface area (Å²) in [6.45, 7) is -0.882. The van der Waals surface area contributed by atoms with Gasteiger partial charge in [-0.2, -0.15) is 22.4 Å². The molecule has 3 heterocycles. The molecule has 2 fully saturated rings. The van der Waals surface area contributed by atoms with Crippen molar-refractivity contribution < 1.29 is 30.4 Å². The first-order chi connectivity index (χ1) is 15.9. The molecule has 1 aliphatic carbocycles. The van der Waals surface area contributed by atoms with E-state index in [1.807, 2.05) is 4.90 Å². The Morgan fingerprint density at radius 3 is 2.56 bits per heavy atom. The molecule has 0 spiro atoms. The molecule has 0 bridgehead atoms. The fourth-order valence-electron chi connectivity index (χ4n) is 5.13. The molecule has 2 N–H and O–H groups in total. The summed E-state index contributed by atoms with van der Waals surface area (Å²) in [7, 11) is -3.58. The van der Waals surface area contributed by atoms with Crippen LogP contribution in [0, 0.1) is 11.6 Å². The zero-order valence-corrected chi connectivity index (χ0v) is 18.9. The maximum atomic E-state index is 14.5. The Morgan fingerprint density at radius 1 is 1.15 bits per heavy atom. The molecule has 0 amide bonds. The number of likely N-dealkylation sites (tertiary alicyclic amines) is 1. The first kappa shape index (κ1) is 23.6. The maximum Gasteiger partial charge on any atom is 0.401 e. The number of alkyl halides is 3. The van der Waals surface area contributed by atoms with Crippen molar-refractivity contribution in [3.8, 4) is 0 Å². The minimum absolute atomic E-state index is 0.0824. The molecule has 1 aromatic heterocycles. The van der Waals surface area contributed by atoms with Crippen molar-refractivity contribution in [2.75, 3.05) is 13.1 Å². The third-order valence-corrected chi connectivity index (χ3v) is 8.91. The molecule has 0 radical (unpaired) electrons. The van der Waals surface area contributed by atoms with Gasteiger partial charge in [0.2, 0.25) is 0 Å². The number of nitrogens with two attached hydrogens (primary N) is 1. The number of fused-ring (bicyclic) bond motifs is 1. The van der Waals surface area contributed by atoms with Gasteiger partial charge < -0.3 is 5.73 Å². The Morgan fingerprint density at radius 2 is 1.88 bits per heavy atom. The third kappa shape index (κ3) is 4.34. The van der Waals surface area contributed by atoms with Crippen molar-refractivity contribution in [3.63, 3.8) is 0 Å². The lowest BCUT2D eigenvalue weighted by atomic mass is 9.87. The second kappa shape index (κ2) is 8.25. The quantitative estimate of drug-likeness (QED) is 0.629. The zero-order chi connectivity index (χ0) is 24.4. The van der Waals surface area contributed by atoms with Crippen LogP contribution in [-0.4, -0.2) is 64.0 Å². The number of benzene rings is 1. The van der Waals surface area contributed by atoms with Gasteiger partial charge in [-0.3, -0.25) is 9.80 Å². The number of hydrogen-bond acceptors (Lipinski definition) is 6. The Hall–Kier alpha value is -2.09. The van der Waals surface area contributed by atoms with Crippen LogP contribution in [0.4, 0.5) is 22.0 Å². The fourth-order valence-corrected chi connectivity index (χ4v) is 6.81. The van der Waals surface area contributed by atoms with E-state index in [0.717, 1.165) is 27.2 Å². The summed E-state index contributed by atoms with van der Waals surface area (Å²) < 4.78 is 95.0. The monoisotopic (exact) mass is 505 g/mol. The number of rotatable bonds is 5. The molecule has 3 atom stereocenters. The van der Waals surface area contributed by atoms with Crippen LogP contribution in [0.5, 0.6) is 0 Å². The molecule has 1 saturated heterocycles. The first-order valence-corrected chi connectivity index (χ1v) is 12.5. The Bertz CT molecular complexity index is 1200. The van der Waals surface area contributed by atoms with Crippen molar-refractivity contribution in [2.24, 2.45) is 5.73 Å². The fraction of sp³-hybridized carbons (Fsp3) is 0.571. The second-order valence-electron chi connectivity index (χ2n) is 9.32. The van der Waals surface area contributed by atoms with Crippen LogP contribution < -0.4 is 5.73 Å². The van der Waals surface area contributed by atoms with Gasteiger partial charge in [-0.05, 0) is 37.5 Å². The maximum absolute atomic E-state index is 14.5. The molecule has 5 rings (SSSR count). The van der Waals surface area contributed by atoms with E-state index in [2.05, 4.69) is 5.10 Å².